The van der Waals surface area contributed by atoms with Crippen molar-refractivity contribution in [2.75, 3.05) is 46.7 Å². The number of thioether (sulfide) groups is 1. The summed E-state index contributed by atoms with van der Waals surface area (Å²) in [5, 5.41) is 10.1. The van der Waals surface area contributed by atoms with E-state index in [1.54, 1.807) is 35.8 Å². The summed E-state index contributed by atoms with van der Waals surface area (Å²) in [5.74, 6) is 1.02. The normalized spacial score (nSPS) is 19.7. The fourth-order valence-corrected chi connectivity index (χ4v) is 4.09. The summed E-state index contributed by atoms with van der Waals surface area (Å²) in [4.78, 5) is 4.53. The van der Waals surface area contributed by atoms with Crippen molar-refractivity contribution in [3.05, 3.63) is 47.5 Å². The molecule has 0 aromatic heterocycles. The van der Waals surface area contributed by atoms with Crippen LogP contribution in [0.25, 0.3) is 0 Å². The number of benzene rings is 2. The van der Waals surface area contributed by atoms with Crippen LogP contribution in [-0.4, -0.2) is 51.8 Å². The Labute approximate surface area is 165 Å². The highest BCUT2D eigenvalue weighted by Gasteiger charge is 2.24. The summed E-state index contributed by atoms with van der Waals surface area (Å²) in [6.07, 6.45) is 2.11. The Morgan fingerprint density at radius 1 is 0.852 bits per heavy atom. The van der Waals surface area contributed by atoms with E-state index >= 15 is 0 Å². The van der Waals surface area contributed by atoms with Crippen LogP contribution in [0.3, 0.4) is 0 Å². The smallest absolute Gasteiger partial charge is 0.200 e. The molecule has 1 aliphatic rings. The van der Waals surface area contributed by atoms with E-state index < -0.39 is 0 Å². The molecule has 1 saturated heterocycles. The molecule has 0 amide bonds. The van der Waals surface area contributed by atoms with Crippen molar-refractivity contribution >= 4 is 11.8 Å². The minimum Gasteiger partial charge on any atom is -0.502 e. The van der Waals surface area contributed by atoms with Gasteiger partial charge in [-0.05, 0) is 30.5 Å². The van der Waals surface area contributed by atoms with Gasteiger partial charge in [0.25, 0.3) is 0 Å². The average molecular weight is 391 g/mol. The van der Waals surface area contributed by atoms with Crippen molar-refractivity contribution in [3.63, 3.8) is 0 Å². The molecular formula is C21H30N2O3S+2. The Morgan fingerprint density at radius 2 is 1.33 bits per heavy atom. The number of nitrogens with one attached hydrogen (secondary N) is 2. The lowest BCUT2D eigenvalue weighted by atomic mass is 10.1. The number of piperazine rings is 1. The largest absolute Gasteiger partial charge is 0.502 e. The molecule has 0 atom stereocenters. The SMILES string of the molecule is COc1cc(C[NH+]2CC[NH+](Cc3ccc(SC)cc3)CC2)cc(OC)c1O. The van der Waals surface area contributed by atoms with Crippen LogP contribution in [0, 0.1) is 0 Å². The molecule has 0 spiro atoms. The minimum atomic E-state index is 0.0699. The molecule has 1 heterocycles. The Morgan fingerprint density at radius 3 is 1.78 bits per heavy atom. The first-order chi connectivity index (χ1) is 13.1. The first-order valence-electron chi connectivity index (χ1n) is 9.37. The molecule has 0 radical (unpaired) electrons. The van der Waals surface area contributed by atoms with Gasteiger partial charge in [0, 0.05) is 16.0 Å². The summed E-state index contributed by atoms with van der Waals surface area (Å²) in [6.45, 7) is 6.65. The average Bonchev–Trinajstić information content (AvgIpc) is 2.71. The third-order valence-electron chi connectivity index (χ3n) is 5.27. The van der Waals surface area contributed by atoms with Gasteiger partial charge in [-0.1, -0.05) is 12.1 Å². The van der Waals surface area contributed by atoms with Crippen molar-refractivity contribution in [1.82, 2.24) is 0 Å². The molecular weight excluding hydrogens is 360 g/mol. The van der Waals surface area contributed by atoms with Crippen molar-refractivity contribution in [2.24, 2.45) is 0 Å². The Bertz CT molecular complexity index is 719. The number of phenols is 1. The Hall–Kier alpha value is -1.89. The van der Waals surface area contributed by atoms with E-state index in [1.807, 2.05) is 12.1 Å². The van der Waals surface area contributed by atoms with Crippen molar-refractivity contribution < 1.29 is 24.4 Å². The van der Waals surface area contributed by atoms with E-state index in [0.717, 1.165) is 31.7 Å². The van der Waals surface area contributed by atoms with Gasteiger partial charge in [0.15, 0.2) is 11.5 Å². The second-order valence-electron chi connectivity index (χ2n) is 7.05. The first kappa shape index (κ1) is 19.9. The standard InChI is InChI=1S/C21H28N2O3S/c1-25-19-12-17(13-20(26-2)21(19)24)15-23-10-8-22(9-11-23)14-16-4-6-18(27-3)7-5-16/h4-7,12-13,24H,8-11,14-15H2,1-3H3/p+2. The number of aromatic hydroxyl groups is 1. The van der Waals surface area contributed by atoms with E-state index in [-0.39, 0.29) is 5.75 Å². The summed E-state index contributed by atoms with van der Waals surface area (Å²) in [5.41, 5.74) is 2.55. The highest BCUT2D eigenvalue weighted by Crippen LogP contribution is 2.36. The molecule has 2 aromatic rings. The van der Waals surface area contributed by atoms with Crippen LogP contribution >= 0.6 is 11.8 Å². The second-order valence-corrected chi connectivity index (χ2v) is 7.93. The zero-order valence-corrected chi connectivity index (χ0v) is 17.2. The third-order valence-corrected chi connectivity index (χ3v) is 6.01. The fourth-order valence-electron chi connectivity index (χ4n) is 3.68. The monoisotopic (exact) mass is 390 g/mol. The number of hydrogen-bond acceptors (Lipinski definition) is 4. The molecule has 3 N–H and O–H groups in total. The van der Waals surface area contributed by atoms with Gasteiger partial charge < -0.3 is 24.4 Å². The fraction of sp³-hybridized carbons (Fsp3) is 0.429. The molecule has 0 aliphatic carbocycles. The molecule has 3 rings (SSSR count). The minimum absolute atomic E-state index is 0.0699. The molecule has 0 bridgehead atoms. The highest BCUT2D eigenvalue weighted by molar-refractivity contribution is 7.98. The predicted octanol–water partition coefficient (Wildman–Crippen LogP) is 0.615. The number of methoxy groups -OCH3 is 2. The highest BCUT2D eigenvalue weighted by atomic mass is 32.2. The topological polar surface area (TPSA) is 47.6 Å². The number of phenolic OH excluding ortho intramolecular Hbond substituents is 1. The van der Waals surface area contributed by atoms with Crippen LogP contribution in [-0.2, 0) is 13.1 Å². The van der Waals surface area contributed by atoms with Crippen molar-refractivity contribution in [3.8, 4) is 17.2 Å². The maximum absolute atomic E-state index is 10.1. The van der Waals surface area contributed by atoms with Crippen LogP contribution in [0.15, 0.2) is 41.3 Å². The third kappa shape index (κ3) is 5.09. The number of rotatable bonds is 7. The second kappa shape index (κ2) is 9.35. The molecule has 1 aliphatic heterocycles. The van der Waals surface area contributed by atoms with Gasteiger partial charge >= 0.3 is 0 Å². The van der Waals surface area contributed by atoms with Crippen molar-refractivity contribution in [2.45, 2.75) is 18.0 Å². The van der Waals surface area contributed by atoms with Crippen LogP contribution in [0.4, 0.5) is 0 Å². The molecule has 0 unspecified atom stereocenters. The molecule has 2 aromatic carbocycles. The van der Waals surface area contributed by atoms with E-state index in [9.17, 15) is 5.11 Å². The summed E-state index contributed by atoms with van der Waals surface area (Å²) >= 11 is 1.79. The van der Waals surface area contributed by atoms with Gasteiger partial charge in [-0.3, -0.25) is 0 Å². The zero-order valence-electron chi connectivity index (χ0n) is 16.4. The van der Waals surface area contributed by atoms with E-state index in [0.29, 0.717) is 11.5 Å². The quantitative estimate of drug-likeness (QED) is 0.607. The van der Waals surface area contributed by atoms with Gasteiger partial charge in [0.2, 0.25) is 5.75 Å². The number of quaternary nitrogens is 2. The van der Waals surface area contributed by atoms with Gasteiger partial charge in [0.05, 0.1) is 14.2 Å². The van der Waals surface area contributed by atoms with E-state index in [4.69, 9.17) is 9.47 Å². The molecule has 0 saturated carbocycles. The lowest BCUT2D eigenvalue weighted by Crippen LogP contribution is -3.27. The molecule has 6 heteroatoms. The molecule has 146 valence electrons. The van der Waals surface area contributed by atoms with Crippen LogP contribution in [0.1, 0.15) is 11.1 Å². The van der Waals surface area contributed by atoms with E-state index in [2.05, 4.69) is 30.5 Å². The maximum Gasteiger partial charge on any atom is 0.200 e. The summed E-state index contributed by atoms with van der Waals surface area (Å²) < 4.78 is 10.5. The Kier molecular flexibility index (Phi) is 6.88. The molecule has 5 nitrogen and oxygen atoms in total. The summed E-state index contributed by atoms with van der Waals surface area (Å²) in [7, 11) is 3.14. The zero-order chi connectivity index (χ0) is 19.2. The van der Waals surface area contributed by atoms with Gasteiger partial charge in [-0.2, -0.15) is 0 Å². The number of ether oxygens (including phenoxy) is 2. The molecule has 27 heavy (non-hydrogen) atoms. The maximum atomic E-state index is 10.1. The lowest BCUT2D eigenvalue weighted by Gasteiger charge is -2.30. The van der Waals surface area contributed by atoms with Crippen molar-refractivity contribution in [1.29, 1.82) is 0 Å². The Balaban J connectivity index is 1.54. The van der Waals surface area contributed by atoms with Crippen LogP contribution < -0.4 is 19.3 Å². The summed E-state index contributed by atoms with van der Waals surface area (Å²) in [6, 6.07) is 12.8. The number of hydrogen-bond donors (Lipinski definition) is 3. The van der Waals surface area contributed by atoms with Gasteiger partial charge in [-0.15, -0.1) is 11.8 Å². The van der Waals surface area contributed by atoms with E-state index in [1.165, 1.54) is 23.5 Å². The predicted molar refractivity (Wildman–Crippen MR) is 108 cm³/mol. The van der Waals surface area contributed by atoms with Crippen LogP contribution in [0.2, 0.25) is 0 Å². The lowest BCUT2D eigenvalue weighted by molar-refractivity contribution is -1.02. The van der Waals surface area contributed by atoms with Gasteiger partial charge in [-0.25, -0.2) is 0 Å². The van der Waals surface area contributed by atoms with Crippen LogP contribution in [0.5, 0.6) is 17.2 Å². The van der Waals surface area contributed by atoms with Gasteiger partial charge in [0.1, 0.15) is 39.3 Å². The molecule has 1 fully saturated rings. The first-order valence-corrected chi connectivity index (χ1v) is 10.6.